The molecule has 7 N–H and O–H groups in total. The fourth-order valence-electron chi connectivity index (χ4n) is 3.12. The quantitative estimate of drug-likeness (QED) is 0.287. The Morgan fingerprint density at radius 1 is 1.15 bits per heavy atom. The highest BCUT2D eigenvalue weighted by Gasteiger charge is 2.43. The number of aliphatic hydroxyl groups is 2. The second kappa shape index (κ2) is 9.35. The summed E-state index contributed by atoms with van der Waals surface area (Å²) in [6, 6.07) is -3.89. The van der Waals surface area contributed by atoms with Crippen LogP contribution in [0.3, 0.4) is 0 Å². The van der Waals surface area contributed by atoms with Crippen LogP contribution in [0.4, 0.5) is 0 Å². The van der Waals surface area contributed by atoms with Gasteiger partial charge in [-0.15, -0.1) is 11.8 Å². The molecule has 0 saturated carbocycles. The molecule has 27 heavy (non-hydrogen) atoms. The van der Waals surface area contributed by atoms with E-state index in [-0.39, 0.29) is 11.8 Å². The third-order valence-corrected chi connectivity index (χ3v) is 5.66. The Kier molecular flexibility index (Phi) is 7.41. The highest BCUT2D eigenvalue weighted by Crippen LogP contribution is 2.26. The van der Waals surface area contributed by atoms with Crippen molar-refractivity contribution >= 4 is 35.4 Å². The number of carbonyl (C=O) groups excluding carboxylic acids is 4. The Morgan fingerprint density at radius 2 is 1.85 bits per heavy atom. The van der Waals surface area contributed by atoms with Gasteiger partial charge in [0.1, 0.15) is 24.2 Å². The lowest BCUT2D eigenvalue weighted by atomic mass is 10.1. The maximum atomic E-state index is 13.0. The van der Waals surface area contributed by atoms with E-state index in [1.807, 2.05) is 0 Å². The number of aliphatic hydroxyl groups excluding tert-OH is 2. The summed E-state index contributed by atoms with van der Waals surface area (Å²) in [7, 11) is 0. The number of hydrogen-bond donors (Lipinski definition) is 5. The van der Waals surface area contributed by atoms with E-state index in [1.165, 1.54) is 21.6 Å². The van der Waals surface area contributed by atoms with Gasteiger partial charge in [0, 0.05) is 12.3 Å². The molecule has 2 fully saturated rings. The van der Waals surface area contributed by atoms with Gasteiger partial charge in [0.2, 0.25) is 23.6 Å². The van der Waals surface area contributed by atoms with Crippen LogP contribution in [0, 0.1) is 0 Å². The molecule has 0 aromatic heterocycles. The van der Waals surface area contributed by atoms with E-state index in [2.05, 4.69) is 5.32 Å². The minimum absolute atomic E-state index is 0.280. The first-order valence-corrected chi connectivity index (χ1v) is 9.73. The minimum Gasteiger partial charge on any atom is -0.394 e. The van der Waals surface area contributed by atoms with E-state index in [9.17, 15) is 19.2 Å². The van der Waals surface area contributed by atoms with E-state index >= 15 is 0 Å². The number of rotatable bonds is 7. The fourth-order valence-corrected chi connectivity index (χ4v) is 4.28. The summed E-state index contributed by atoms with van der Waals surface area (Å²) in [5.41, 5.74) is 10.7. The smallest absolute Gasteiger partial charge is 0.246 e. The number of thioether (sulfide) groups is 1. The molecule has 11 nitrogen and oxygen atoms in total. The fraction of sp³-hybridized carbons (Fsp3) is 0.733. The first-order chi connectivity index (χ1) is 12.8. The van der Waals surface area contributed by atoms with Crippen molar-refractivity contribution in [2.24, 2.45) is 11.5 Å². The summed E-state index contributed by atoms with van der Waals surface area (Å²) in [4.78, 5) is 51.6. The van der Waals surface area contributed by atoms with Crippen molar-refractivity contribution in [3.05, 3.63) is 0 Å². The van der Waals surface area contributed by atoms with Gasteiger partial charge >= 0.3 is 0 Å². The van der Waals surface area contributed by atoms with E-state index in [1.54, 1.807) is 0 Å². The molecule has 2 aliphatic heterocycles. The topological polar surface area (TPSA) is 179 Å². The summed E-state index contributed by atoms with van der Waals surface area (Å²) in [5.74, 6) is -1.69. The third kappa shape index (κ3) is 4.69. The minimum atomic E-state index is -1.22. The molecule has 12 heteroatoms. The zero-order valence-corrected chi connectivity index (χ0v) is 15.6. The zero-order valence-electron chi connectivity index (χ0n) is 14.7. The Morgan fingerprint density at radius 3 is 2.44 bits per heavy atom. The molecule has 4 amide bonds. The lowest BCUT2D eigenvalue weighted by Gasteiger charge is -2.31. The molecule has 0 aliphatic carbocycles. The first-order valence-electron chi connectivity index (χ1n) is 8.57. The Labute approximate surface area is 160 Å². The van der Waals surface area contributed by atoms with E-state index in [0.717, 1.165) is 0 Å². The second-order valence-corrected chi connectivity index (χ2v) is 7.45. The number of hydrogen-bond acceptors (Lipinski definition) is 8. The highest BCUT2D eigenvalue weighted by atomic mass is 32.2. The molecule has 0 bridgehead atoms. The van der Waals surface area contributed by atoms with E-state index in [4.69, 9.17) is 21.7 Å². The van der Waals surface area contributed by atoms with Crippen molar-refractivity contribution in [3.8, 4) is 0 Å². The van der Waals surface area contributed by atoms with Gasteiger partial charge in [-0.2, -0.15) is 0 Å². The van der Waals surface area contributed by atoms with Crippen molar-refractivity contribution in [1.82, 2.24) is 15.1 Å². The van der Waals surface area contributed by atoms with E-state index < -0.39 is 55.1 Å². The largest absolute Gasteiger partial charge is 0.394 e. The molecule has 0 aromatic carbocycles. The summed E-state index contributed by atoms with van der Waals surface area (Å²) in [6.07, 6.45) is 0.993. The van der Waals surface area contributed by atoms with Crippen LogP contribution in [0.2, 0.25) is 0 Å². The van der Waals surface area contributed by atoms with Crippen LogP contribution < -0.4 is 16.8 Å². The number of nitrogens with one attached hydrogen (secondary N) is 1. The molecule has 0 radical (unpaired) electrons. The molecule has 2 rings (SSSR count). The van der Waals surface area contributed by atoms with Crippen LogP contribution >= 0.6 is 11.8 Å². The standard InChI is InChI=1S/C15H25N5O6S/c16-8(4-21)14(25)20-7-27-6-11(20)15(26)19-3-1-2-10(19)13(24)18-9(5-22)12(17)23/h8-11,21-22H,1-7,16H2,(H2,17,23)(H,18,24)/t8-,9-,10-,11-/m0/s1. The number of carbonyl (C=O) groups is 4. The zero-order chi connectivity index (χ0) is 20.1. The normalized spacial score (nSPS) is 24.6. The van der Waals surface area contributed by atoms with Gasteiger partial charge < -0.3 is 36.8 Å². The molecular formula is C15H25N5O6S. The van der Waals surface area contributed by atoms with Gasteiger partial charge in [-0.1, -0.05) is 0 Å². The van der Waals surface area contributed by atoms with Crippen LogP contribution in [0.1, 0.15) is 12.8 Å². The predicted molar refractivity (Wildman–Crippen MR) is 96.0 cm³/mol. The number of primary amides is 1. The maximum Gasteiger partial charge on any atom is 0.246 e. The number of nitrogens with zero attached hydrogens (tertiary/aromatic N) is 2. The number of likely N-dealkylation sites (tertiary alicyclic amines) is 1. The Bertz CT molecular complexity index is 605. The summed E-state index contributed by atoms with van der Waals surface area (Å²) < 4.78 is 0. The predicted octanol–water partition coefficient (Wildman–Crippen LogP) is -3.84. The Balaban J connectivity index is 2.09. The van der Waals surface area contributed by atoms with Crippen LogP contribution in [0.5, 0.6) is 0 Å². The molecule has 4 atom stereocenters. The average Bonchev–Trinajstić information content (AvgIpc) is 3.33. The molecule has 2 saturated heterocycles. The van der Waals surface area contributed by atoms with Gasteiger partial charge in [-0.25, -0.2) is 0 Å². The van der Waals surface area contributed by atoms with Crippen LogP contribution in [0.15, 0.2) is 0 Å². The van der Waals surface area contributed by atoms with E-state index in [0.29, 0.717) is 25.1 Å². The first kappa shape index (κ1) is 21.4. The lowest BCUT2D eigenvalue weighted by Crippen LogP contribution is -2.58. The molecule has 2 aliphatic rings. The molecule has 2 heterocycles. The molecule has 0 aromatic rings. The average molecular weight is 403 g/mol. The van der Waals surface area contributed by atoms with Gasteiger partial charge in [-0.3, -0.25) is 19.2 Å². The number of amides is 4. The third-order valence-electron chi connectivity index (χ3n) is 4.65. The van der Waals surface area contributed by atoms with Crippen molar-refractivity contribution in [3.63, 3.8) is 0 Å². The summed E-state index contributed by atoms with van der Waals surface area (Å²) in [6.45, 7) is -0.819. The monoisotopic (exact) mass is 403 g/mol. The van der Waals surface area contributed by atoms with Crippen LogP contribution in [-0.4, -0.2) is 99.2 Å². The van der Waals surface area contributed by atoms with Gasteiger partial charge in [0.05, 0.1) is 19.1 Å². The van der Waals surface area contributed by atoms with Crippen molar-refractivity contribution in [2.75, 3.05) is 31.4 Å². The highest BCUT2D eigenvalue weighted by molar-refractivity contribution is 7.99. The lowest BCUT2D eigenvalue weighted by molar-refractivity contribution is -0.147. The Hall–Kier alpha value is -1.89. The molecule has 0 unspecified atom stereocenters. The molecule has 152 valence electrons. The van der Waals surface area contributed by atoms with Crippen LogP contribution in [0.25, 0.3) is 0 Å². The van der Waals surface area contributed by atoms with Crippen molar-refractivity contribution in [2.45, 2.75) is 37.0 Å². The van der Waals surface area contributed by atoms with Gasteiger partial charge in [-0.05, 0) is 12.8 Å². The van der Waals surface area contributed by atoms with Crippen molar-refractivity contribution in [1.29, 1.82) is 0 Å². The van der Waals surface area contributed by atoms with Gasteiger partial charge in [0.25, 0.3) is 0 Å². The SMILES string of the molecule is NC(=O)[C@H](CO)NC(=O)[C@@H]1CCCN1C(=O)[C@@H]1CSCN1C(=O)[C@@H](N)CO. The summed E-state index contributed by atoms with van der Waals surface area (Å²) in [5, 5.41) is 20.6. The van der Waals surface area contributed by atoms with Crippen molar-refractivity contribution < 1.29 is 29.4 Å². The number of nitrogens with two attached hydrogens (primary N) is 2. The van der Waals surface area contributed by atoms with Gasteiger partial charge in [0.15, 0.2) is 0 Å². The molecule has 0 spiro atoms. The molecular weight excluding hydrogens is 378 g/mol. The second-order valence-electron chi connectivity index (χ2n) is 6.45. The maximum absolute atomic E-state index is 13.0. The summed E-state index contributed by atoms with van der Waals surface area (Å²) >= 11 is 1.39. The van der Waals surface area contributed by atoms with Crippen LogP contribution in [-0.2, 0) is 19.2 Å².